The van der Waals surface area contributed by atoms with E-state index in [0.29, 0.717) is 6.54 Å². The number of nitrogens with two attached hydrogens (primary N) is 1. The largest absolute Gasteiger partial charge is 0.356 e. The summed E-state index contributed by atoms with van der Waals surface area (Å²) in [7, 11) is -3.66. The number of hydrogen-bond donors (Lipinski definition) is 2. The number of primary sulfonamides is 1. The zero-order chi connectivity index (χ0) is 17.9. The van der Waals surface area contributed by atoms with Crippen LogP contribution >= 0.6 is 0 Å². The Balaban J connectivity index is 1.80. The van der Waals surface area contributed by atoms with E-state index in [-0.39, 0.29) is 4.90 Å². The number of fused-ring (bicyclic) bond motifs is 1. The van der Waals surface area contributed by atoms with Crippen molar-refractivity contribution in [2.24, 2.45) is 10.1 Å². The van der Waals surface area contributed by atoms with Crippen molar-refractivity contribution in [3.8, 4) is 0 Å². The van der Waals surface area contributed by atoms with Gasteiger partial charge in [0, 0.05) is 18.8 Å². The molecule has 7 heteroatoms. The molecule has 132 valence electrons. The Morgan fingerprint density at radius 3 is 2.60 bits per heavy atom. The molecule has 0 unspecified atom stereocenters. The molecule has 1 heterocycles. The molecule has 1 aliphatic rings. The van der Waals surface area contributed by atoms with Crippen molar-refractivity contribution in [2.75, 3.05) is 18.0 Å². The first kappa shape index (κ1) is 17.4. The molecular formula is C18H22N4O2S. The molecule has 0 bridgehead atoms. The quantitative estimate of drug-likeness (QED) is 0.645. The minimum absolute atomic E-state index is 0.112. The van der Waals surface area contributed by atoms with E-state index in [1.807, 2.05) is 13.0 Å². The molecule has 2 aromatic rings. The van der Waals surface area contributed by atoms with Crippen molar-refractivity contribution >= 4 is 21.7 Å². The van der Waals surface area contributed by atoms with Gasteiger partial charge in [-0.05, 0) is 42.7 Å². The summed E-state index contributed by atoms with van der Waals surface area (Å²) in [5.74, 6) is 0.836. The molecule has 0 saturated carbocycles. The van der Waals surface area contributed by atoms with Crippen molar-refractivity contribution in [3.05, 3.63) is 59.7 Å². The van der Waals surface area contributed by atoms with E-state index in [0.717, 1.165) is 31.0 Å². The second-order valence-electron chi connectivity index (χ2n) is 5.89. The van der Waals surface area contributed by atoms with Gasteiger partial charge in [-0.25, -0.2) is 18.5 Å². The molecule has 1 aliphatic heterocycles. The Morgan fingerprint density at radius 1 is 1.20 bits per heavy atom. The summed E-state index contributed by atoms with van der Waals surface area (Å²) in [4.78, 5) is 7.01. The maximum absolute atomic E-state index is 11.3. The van der Waals surface area contributed by atoms with Crippen molar-refractivity contribution in [3.63, 3.8) is 0 Å². The van der Waals surface area contributed by atoms with Crippen LogP contribution in [0.25, 0.3) is 0 Å². The number of guanidine groups is 1. The average Bonchev–Trinajstić information content (AvgIpc) is 3.02. The number of hydrogen-bond acceptors (Lipinski definition) is 3. The van der Waals surface area contributed by atoms with Gasteiger partial charge in [-0.2, -0.15) is 0 Å². The van der Waals surface area contributed by atoms with E-state index in [1.54, 1.807) is 12.1 Å². The van der Waals surface area contributed by atoms with Crippen LogP contribution in [0.4, 0.5) is 5.69 Å². The summed E-state index contributed by atoms with van der Waals surface area (Å²) >= 11 is 0. The number of para-hydroxylation sites is 1. The van der Waals surface area contributed by atoms with Crippen LogP contribution in [-0.2, 0) is 23.0 Å². The summed E-state index contributed by atoms with van der Waals surface area (Å²) < 4.78 is 22.6. The van der Waals surface area contributed by atoms with Crippen molar-refractivity contribution in [1.82, 2.24) is 5.32 Å². The van der Waals surface area contributed by atoms with Gasteiger partial charge in [-0.3, -0.25) is 0 Å². The molecule has 3 rings (SSSR count). The topological polar surface area (TPSA) is 87.8 Å². The smallest absolute Gasteiger partial charge is 0.238 e. The standard InChI is InChI=1S/C18H22N4O2S/c1-2-20-18(22-12-11-15-5-3-4-6-17(15)22)21-13-14-7-9-16(10-8-14)25(19,23)24/h3-10H,2,11-13H2,1H3,(H,20,21)(H2,19,23,24). The highest BCUT2D eigenvalue weighted by molar-refractivity contribution is 7.89. The van der Waals surface area contributed by atoms with Crippen LogP contribution in [0.15, 0.2) is 58.4 Å². The summed E-state index contributed by atoms with van der Waals surface area (Å²) in [6.45, 7) is 4.18. The van der Waals surface area contributed by atoms with E-state index in [4.69, 9.17) is 10.1 Å². The van der Waals surface area contributed by atoms with Gasteiger partial charge < -0.3 is 10.2 Å². The highest BCUT2D eigenvalue weighted by atomic mass is 32.2. The third kappa shape index (κ3) is 4.00. The lowest BCUT2D eigenvalue weighted by Gasteiger charge is -2.22. The Labute approximate surface area is 148 Å². The highest BCUT2D eigenvalue weighted by Gasteiger charge is 2.22. The predicted molar refractivity (Wildman–Crippen MR) is 100 cm³/mol. The first-order chi connectivity index (χ1) is 12.0. The Bertz CT molecular complexity index is 876. The van der Waals surface area contributed by atoms with E-state index >= 15 is 0 Å². The number of nitrogens with one attached hydrogen (secondary N) is 1. The van der Waals surface area contributed by atoms with Crippen LogP contribution in [-0.4, -0.2) is 27.5 Å². The summed E-state index contributed by atoms with van der Waals surface area (Å²) in [6, 6.07) is 14.8. The van der Waals surface area contributed by atoms with Crippen LogP contribution in [0, 0.1) is 0 Å². The van der Waals surface area contributed by atoms with Crippen molar-refractivity contribution < 1.29 is 8.42 Å². The summed E-state index contributed by atoms with van der Waals surface area (Å²) in [6.07, 6.45) is 1.00. The molecule has 0 saturated heterocycles. The molecule has 0 spiro atoms. The lowest BCUT2D eigenvalue weighted by atomic mass is 10.2. The minimum atomic E-state index is -3.66. The number of sulfonamides is 1. The Kier molecular flexibility index (Phi) is 5.06. The fourth-order valence-electron chi connectivity index (χ4n) is 2.90. The van der Waals surface area contributed by atoms with Crippen molar-refractivity contribution in [2.45, 2.75) is 24.8 Å². The fraction of sp³-hybridized carbons (Fsp3) is 0.278. The maximum Gasteiger partial charge on any atom is 0.238 e. The van der Waals surface area contributed by atoms with E-state index in [2.05, 4.69) is 28.4 Å². The Hall–Kier alpha value is -2.38. The van der Waals surface area contributed by atoms with Gasteiger partial charge in [0.25, 0.3) is 0 Å². The number of aliphatic imine (C=N–C) groups is 1. The van der Waals surface area contributed by atoms with Gasteiger partial charge in [-0.1, -0.05) is 30.3 Å². The van der Waals surface area contributed by atoms with E-state index in [9.17, 15) is 8.42 Å². The van der Waals surface area contributed by atoms with Crippen LogP contribution in [0.1, 0.15) is 18.1 Å². The second-order valence-corrected chi connectivity index (χ2v) is 7.45. The van der Waals surface area contributed by atoms with Crippen LogP contribution in [0.5, 0.6) is 0 Å². The number of benzene rings is 2. The van der Waals surface area contributed by atoms with Gasteiger partial charge in [0.15, 0.2) is 5.96 Å². The molecule has 0 fully saturated rings. The molecule has 0 amide bonds. The number of rotatable bonds is 4. The predicted octanol–water partition coefficient (Wildman–Crippen LogP) is 1.86. The van der Waals surface area contributed by atoms with E-state index < -0.39 is 10.0 Å². The van der Waals surface area contributed by atoms with Crippen molar-refractivity contribution in [1.29, 1.82) is 0 Å². The molecule has 3 N–H and O–H groups in total. The minimum Gasteiger partial charge on any atom is -0.356 e. The second kappa shape index (κ2) is 7.25. The van der Waals surface area contributed by atoms with Crippen LogP contribution in [0.3, 0.4) is 0 Å². The molecule has 0 aromatic heterocycles. The normalized spacial score (nSPS) is 14.5. The molecule has 25 heavy (non-hydrogen) atoms. The maximum atomic E-state index is 11.3. The lowest BCUT2D eigenvalue weighted by molar-refractivity contribution is 0.598. The van der Waals surface area contributed by atoms with Gasteiger partial charge in [0.05, 0.1) is 11.4 Å². The lowest BCUT2D eigenvalue weighted by Crippen LogP contribution is -2.40. The molecule has 0 atom stereocenters. The van der Waals surface area contributed by atoms with Gasteiger partial charge in [0.2, 0.25) is 10.0 Å². The first-order valence-electron chi connectivity index (χ1n) is 8.24. The molecule has 6 nitrogen and oxygen atoms in total. The Morgan fingerprint density at radius 2 is 1.92 bits per heavy atom. The van der Waals surface area contributed by atoms with E-state index in [1.165, 1.54) is 23.4 Å². The molecule has 0 aliphatic carbocycles. The molecule has 0 radical (unpaired) electrons. The average molecular weight is 358 g/mol. The van der Waals surface area contributed by atoms with Crippen LogP contribution < -0.4 is 15.4 Å². The highest BCUT2D eigenvalue weighted by Crippen LogP contribution is 2.27. The summed E-state index contributed by atoms with van der Waals surface area (Å²) in [5, 5.41) is 8.46. The van der Waals surface area contributed by atoms with Gasteiger partial charge in [-0.15, -0.1) is 0 Å². The molecule has 2 aromatic carbocycles. The third-order valence-electron chi connectivity index (χ3n) is 4.14. The third-order valence-corrected chi connectivity index (χ3v) is 5.07. The zero-order valence-electron chi connectivity index (χ0n) is 14.1. The number of anilines is 1. The first-order valence-corrected chi connectivity index (χ1v) is 9.79. The fourth-order valence-corrected chi connectivity index (χ4v) is 3.42. The van der Waals surface area contributed by atoms with Gasteiger partial charge in [0.1, 0.15) is 0 Å². The number of nitrogens with zero attached hydrogens (tertiary/aromatic N) is 2. The van der Waals surface area contributed by atoms with Gasteiger partial charge >= 0.3 is 0 Å². The molecular weight excluding hydrogens is 336 g/mol. The van der Waals surface area contributed by atoms with Crippen LogP contribution in [0.2, 0.25) is 0 Å². The zero-order valence-corrected chi connectivity index (χ0v) is 15.0. The SMILES string of the molecule is CCNC(=NCc1ccc(S(N)(=O)=O)cc1)N1CCc2ccccc21. The summed E-state index contributed by atoms with van der Waals surface area (Å²) in [5.41, 5.74) is 3.44. The monoisotopic (exact) mass is 358 g/mol.